The van der Waals surface area contributed by atoms with Crippen molar-refractivity contribution >= 4 is 5.91 Å². The number of piperazine rings is 1. The molecule has 1 fully saturated rings. The molecular weight excluding hydrogens is 197 g/mol. The second-order valence-electron chi connectivity index (χ2n) is 3.24. The van der Waals surface area contributed by atoms with E-state index in [4.69, 9.17) is 0 Å². The SMILES string of the molecule is CCC(=O)N1CCNC(C(F)(F)F)C1. The fourth-order valence-electron chi connectivity index (χ4n) is 1.42. The van der Waals surface area contributed by atoms with E-state index in [1.807, 2.05) is 0 Å². The van der Waals surface area contributed by atoms with Gasteiger partial charge in [0.25, 0.3) is 0 Å². The number of nitrogens with one attached hydrogen (secondary N) is 1. The normalized spacial score (nSPS) is 23.7. The number of carbonyl (C=O) groups is 1. The Balaban J connectivity index is 2.56. The van der Waals surface area contributed by atoms with E-state index >= 15 is 0 Å². The summed E-state index contributed by atoms with van der Waals surface area (Å²) in [5.41, 5.74) is 0. The van der Waals surface area contributed by atoms with E-state index in [1.54, 1.807) is 6.92 Å². The van der Waals surface area contributed by atoms with Gasteiger partial charge in [-0.3, -0.25) is 4.79 Å². The maximum Gasteiger partial charge on any atom is 0.405 e. The summed E-state index contributed by atoms with van der Waals surface area (Å²) in [4.78, 5) is 12.4. The van der Waals surface area contributed by atoms with Gasteiger partial charge in [0.05, 0.1) is 0 Å². The van der Waals surface area contributed by atoms with Gasteiger partial charge in [0.1, 0.15) is 6.04 Å². The van der Waals surface area contributed by atoms with Gasteiger partial charge in [-0.15, -0.1) is 0 Å². The Kier molecular flexibility index (Phi) is 3.36. The second kappa shape index (κ2) is 4.16. The first kappa shape index (κ1) is 11.3. The van der Waals surface area contributed by atoms with Crippen LogP contribution >= 0.6 is 0 Å². The van der Waals surface area contributed by atoms with Gasteiger partial charge < -0.3 is 10.2 Å². The first-order chi connectivity index (χ1) is 6.45. The zero-order valence-electron chi connectivity index (χ0n) is 7.90. The minimum Gasteiger partial charge on any atom is -0.340 e. The van der Waals surface area contributed by atoms with Gasteiger partial charge in [0.15, 0.2) is 0 Å². The smallest absolute Gasteiger partial charge is 0.340 e. The lowest BCUT2D eigenvalue weighted by molar-refractivity contribution is -0.168. The Morgan fingerprint density at radius 1 is 1.57 bits per heavy atom. The van der Waals surface area contributed by atoms with Crippen molar-refractivity contribution in [1.29, 1.82) is 0 Å². The molecular formula is C8H13F3N2O. The van der Waals surface area contributed by atoms with Crippen LogP contribution in [0.1, 0.15) is 13.3 Å². The number of amides is 1. The summed E-state index contributed by atoms with van der Waals surface area (Å²) in [7, 11) is 0. The van der Waals surface area contributed by atoms with Crippen molar-refractivity contribution in [2.24, 2.45) is 0 Å². The van der Waals surface area contributed by atoms with Crippen LogP contribution in [0.5, 0.6) is 0 Å². The fraction of sp³-hybridized carbons (Fsp3) is 0.875. The predicted octanol–water partition coefficient (Wildman–Crippen LogP) is 0.759. The van der Waals surface area contributed by atoms with Crippen molar-refractivity contribution in [2.75, 3.05) is 19.6 Å². The largest absolute Gasteiger partial charge is 0.405 e. The van der Waals surface area contributed by atoms with Gasteiger partial charge in [-0.2, -0.15) is 13.2 Å². The molecule has 0 radical (unpaired) electrons. The highest BCUT2D eigenvalue weighted by Crippen LogP contribution is 2.22. The van der Waals surface area contributed by atoms with Gasteiger partial charge in [-0.1, -0.05) is 6.92 Å². The van der Waals surface area contributed by atoms with E-state index in [0.717, 1.165) is 0 Å². The van der Waals surface area contributed by atoms with Crippen LogP contribution in [-0.4, -0.2) is 42.7 Å². The molecule has 1 rings (SSSR count). The lowest BCUT2D eigenvalue weighted by Crippen LogP contribution is -2.58. The van der Waals surface area contributed by atoms with E-state index < -0.39 is 12.2 Å². The molecule has 0 aromatic rings. The Hall–Kier alpha value is -0.780. The molecule has 1 aliphatic rings. The van der Waals surface area contributed by atoms with Crippen molar-refractivity contribution in [3.8, 4) is 0 Å². The third kappa shape index (κ3) is 2.60. The summed E-state index contributed by atoms with van der Waals surface area (Å²) in [6.45, 7) is 1.94. The van der Waals surface area contributed by atoms with Crippen LogP contribution in [0.15, 0.2) is 0 Å². The summed E-state index contributed by atoms with van der Waals surface area (Å²) >= 11 is 0. The molecule has 82 valence electrons. The van der Waals surface area contributed by atoms with Gasteiger partial charge in [0.2, 0.25) is 5.91 Å². The van der Waals surface area contributed by atoms with E-state index in [-0.39, 0.29) is 25.4 Å². The number of rotatable bonds is 1. The quantitative estimate of drug-likeness (QED) is 0.693. The minimum absolute atomic E-state index is 0.204. The predicted molar refractivity (Wildman–Crippen MR) is 44.7 cm³/mol. The zero-order chi connectivity index (χ0) is 10.8. The van der Waals surface area contributed by atoms with Crippen molar-refractivity contribution < 1.29 is 18.0 Å². The van der Waals surface area contributed by atoms with E-state index in [2.05, 4.69) is 5.32 Å². The summed E-state index contributed by atoms with van der Waals surface area (Å²) < 4.78 is 36.8. The summed E-state index contributed by atoms with van der Waals surface area (Å²) in [5.74, 6) is -0.222. The highest BCUT2D eigenvalue weighted by molar-refractivity contribution is 5.76. The van der Waals surface area contributed by atoms with Crippen LogP contribution in [0, 0.1) is 0 Å². The molecule has 1 aliphatic heterocycles. The number of carbonyl (C=O) groups excluding carboxylic acids is 1. The molecule has 0 spiro atoms. The zero-order valence-corrected chi connectivity index (χ0v) is 7.90. The van der Waals surface area contributed by atoms with Crippen LogP contribution in [0.25, 0.3) is 0 Å². The van der Waals surface area contributed by atoms with Crippen LogP contribution in [0.3, 0.4) is 0 Å². The van der Waals surface area contributed by atoms with E-state index in [0.29, 0.717) is 6.54 Å². The van der Waals surface area contributed by atoms with Gasteiger partial charge in [-0.05, 0) is 0 Å². The van der Waals surface area contributed by atoms with Crippen LogP contribution in [0.2, 0.25) is 0 Å². The van der Waals surface area contributed by atoms with Crippen molar-refractivity contribution in [1.82, 2.24) is 10.2 Å². The average molecular weight is 210 g/mol. The molecule has 1 saturated heterocycles. The topological polar surface area (TPSA) is 32.3 Å². The number of hydrogen-bond acceptors (Lipinski definition) is 2. The van der Waals surface area contributed by atoms with Crippen molar-refractivity contribution in [3.05, 3.63) is 0 Å². The highest BCUT2D eigenvalue weighted by atomic mass is 19.4. The van der Waals surface area contributed by atoms with Crippen LogP contribution in [-0.2, 0) is 4.79 Å². The van der Waals surface area contributed by atoms with Crippen molar-refractivity contribution in [2.45, 2.75) is 25.6 Å². The first-order valence-corrected chi connectivity index (χ1v) is 4.53. The third-order valence-corrected chi connectivity index (χ3v) is 2.23. The third-order valence-electron chi connectivity index (χ3n) is 2.23. The molecule has 1 amide bonds. The summed E-state index contributed by atoms with van der Waals surface area (Å²) in [6.07, 6.45) is -4.02. The Bertz CT molecular complexity index is 217. The molecule has 0 aromatic heterocycles. The van der Waals surface area contributed by atoms with E-state index in [1.165, 1.54) is 4.90 Å². The number of nitrogens with zero attached hydrogens (tertiary/aromatic N) is 1. The van der Waals surface area contributed by atoms with Crippen LogP contribution < -0.4 is 5.32 Å². The molecule has 0 bridgehead atoms. The van der Waals surface area contributed by atoms with Crippen LogP contribution in [0.4, 0.5) is 13.2 Å². The van der Waals surface area contributed by atoms with E-state index in [9.17, 15) is 18.0 Å². The average Bonchev–Trinajstić information content (AvgIpc) is 2.15. The highest BCUT2D eigenvalue weighted by Gasteiger charge is 2.42. The second-order valence-corrected chi connectivity index (χ2v) is 3.24. The van der Waals surface area contributed by atoms with Crippen molar-refractivity contribution in [3.63, 3.8) is 0 Å². The maximum absolute atomic E-state index is 12.3. The Morgan fingerprint density at radius 2 is 2.21 bits per heavy atom. The lowest BCUT2D eigenvalue weighted by atomic mass is 10.2. The first-order valence-electron chi connectivity index (χ1n) is 4.53. The Morgan fingerprint density at radius 3 is 2.71 bits per heavy atom. The molecule has 14 heavy (non-hydrogen) atoms. The minimum atomic E-state index is -4.27. The van der Waals surface area contributed by atoms with Gasteiger partial charge in [-0.25, -0.2) is 0 Å². The number of hydrogen-bond donors (Lipinski definition) is 1. The molecule has 0 saturated carbocycles. The molecule has 1 N–H and O–H groups in total. The molecule has 1 heterocycles. The molecule has 1 atom stereocenters. The number of alkyl halides is 3. The summed E-state index contributed by atoms with van der Waals surface area (Å²) in [6, 6.07) is -1.58. The lowest BCUT2D eigenvalue weighted by Gasteiger charge is -2.34. The van der Waals surface area contributed by atoms with Gasteiger partial charge in [0, 0.05) is 26.1 Å². The molecule has 3 nitrogen and oxygen atoms in total. The van der Waals surface area contributed by atoms with Gasteiger partial charge >= 0.3 is 6.18 Å². The standard InChI is InChI=1S/C8H13F3N2O/c1-2-7(14)13-4-3-12-6(5-13)8(9,10)11/h6,12H,2-5H2,1H3. The molecule has 0 aliphatic carbocycles. The fourth-order valence-corrected chi connectivity index (χ4v) is 1.42. The summed E-state index contributed by atoms with van der Waals surface area (Å²) in [5, 5.41) is 2.35. The number of halogens is 3. The Labute approximate surface area is 80.3 Å². The maximum atomic E-state index is 12.3. The molecule has 0 aromatic carbocycles. The molecule has 6 heteroatoms. The monoisotopic (exact) mass is 210 g/mol. The molecule has 1 unspecified atom stereocenters.